The van der Waals surface area contributed by atoms with E-state index in [-0.39, 0.29) is 21.8 Å². The number of nitrogens with one attached hydrogen (secondary N) is 2. The molecule has 2 aliphatic carbocycles. The number of alkyl halides is 1. The monoisotopic (exact) mass is 577 g/mol. The van der Waals surface area contributed by atoms with Crippen molar-refractivity contribution in [2.45, 2.75) is 75.1 Å². The molecule has 0 bridgehead atoms. The molecule has 2 spiro atoms. The molecule has 3 aliphatic rings. The summed E-state index contributed by atoms with van der Waals surface area (Å²) in [5.74, 6) is -0.926. The number of nitrogens with zero attached hydrogens (tertiary/aromatic N) is 1. The van der Waals surface area contributed by atoms with Gasteiger partial charge in [0.05, 0.1) is 10.6 Å². The maximum Gasteiger partial charge on any atom is 0.258 e. The zero-order chi connectivity index (χ0) is 28.3. The minimum absolute atomic E-state index is 0.0170. The quantitative estimate of drug-likeness (QED) is 0.494. The number of anilines is 2. The summed E-state index contributed by atoms with van der Waals surface area (Å²) < 4.78 is 68.2. The second-order valence-electron chi connectivity index (χ2n) is 12.4. The lowest BCUT2D eigenvalue weighted by atomic mass is 9.66. The van der Waals surface area contributed by atoms with Gasteiger partial charge in [0.1, 0.15) is 6.67 Å². The number of amides is 1. The lowest BCUT2D eigenvalue weighted by Crippen LogP contribution is -2.41. The van der Waals surface area contributed by atoms with E-state index >= 15 is 0 Å². The summed E-state index contributed by atoms with van der Waals surface area (Å²) in [6.07, 6.45) is 6.33. The first-order chi connectivity index (χ1) is 18.2. The Balaban J connectivity index is 1.49. The molecule has 0 aromatic heterocycles. The fourth-order valence-electron chi connectivity index (χ4n) is 6.02. The van der Waals surface area contributed by atoms with Crippen LogP contribution in [-0.2, 0) is 25.5 Å². The van der Waals surface area contributed by atoms with Gasteiger partial charge in [-0.2, -0.15) is 0 Å². The average Bonchev–Trinajstić information content (AvgIpc) is 3.54. The second kappa shape index (κ2) is 9.55. The number of sulfonamides is 2. The van der Waals surface area contributed by atoms with Crippen molar-refractivity contribution < 1.29 is 26.0 Å². The summed E-state index contributed by atoms with van der Waals surface area (Å²) in [7, 11) is -7.66. The maximum atomic E-state index is 13.9. The van der Waals surface area contributed by atoms with Crippen molar-refractivity contribution in [3.05, 3.63) is 53.6 Å². The molecule has 0 radical (unpaired) electrons. The van der Waals surface area contributed by atoms with Crippen LogP contribution in [0.5, 0.6) is 0 Å². The van der Waals surface area contributed by atoms with E-state index in [4.69, 9.17) is 0 Å². The molecule has 1 amide bonds. The topological polar surface area (TPSA) is 113 Å². The smallest absolute Gasteiger partial charge is 0.258 e. The Bertz CT molecular complexity index is 1500. The van der Waals surface area contributed by atoms with Gasteiger partial charge in [0.25, 0.3) is 5.91 Å². The van der Waals surface area contributed by atoms with Gasteiger partial charge in [-0.3, -0.25) is 9.52 Å². The van der Waals surface area contributed by atoms with E-state index in [9.17, 15) is 26.0 Å². The number of hydrogen-bond acceptors (Lipinski definition) is 5. The van der Waals surface area contributed by atoms with Crippen LogP contribution in [-0.4, -0.2) is 47.3 Å². The Morgan fingerprint density at radius 2 is 1.64 bits per heavy atom. The lowest BCUT2D eigenvalue weighted by Gasteiger charge is -2.38. The number of benzene rings is 2. The molecule has 1 heterocycles. The lowest BCUT2D eigenvalue weighted by molar-refractivity contribution is 0.0980. The largest absolute Gasteiger partial charge is 0.307 e. The average molecular weight is 578 g/mol. The summed E-state index contributed by atoms with van der Waals surface area (Å²) in [4.78, 5) is 15.6. The molecule has 0 unspecified atom stereocenters. The van der Waals surface area contributed by atoms with Gasteiger partial charge in [-0.25, -0.2) is 25.9 Å². The van der Waals surface area contributed by atoms with E-state index in [2.05, 4.69) is 9.44 Å². The van der Waals surface area contributed by atoms with Crippen molar-refractivity contribution in [2.75, 3.05) is 28.6 Å². The van der Waals surface area contributed by atoms with Crippen LogP contribution in [0.1, 0.15) is 75.2 Å². The summed E-state index contributed by atoms with van der Waals surface area (Å²) in [6.45, 7) is 4.72. The normalized spacial score (nSPS) is 19.7. The fourth-order valence-corrected chi connectivity index (χ4v) is 8.28. The van der Waals surface area contributed by atoms with Crippen molar-refractivity contribution in [3.8, 4) is 0 Å². The highest BCUT2D eigenvalue weighted by molar-refractivity contribution is 7.92. The molecule has 2 aromatic rings. The third-order valence-corrected chi connectivity index (χ3v) is 11.2. The van der Waals surface area contributed by atoms with Gasteiger partial charge in [-0.05, 0) is 107 Å². The number of carbonyl (C=O) groups excluding carboxylic acids is 1. The molecule has 0 saturated heterocycles. The number of carbonyl (C=O) groups is 1. The molecule has 1 aliphatic heterocycles. The van der Waals surface area contributed by atoms with Crippen LogP contribution in [0, 0.1) is 5.41 Å². The molecule has 2 fully saturated rings. The van der Waals surface area contributed by atoms with Gasteiger partial charge in [-0.1, -0.05) is 6.07 Å². The highest BCUT2D eigenvalue weighted by atomic mass is 32.2. The zero-order valence-electron chi connectivity index (χ0n) is 22.6. The van der Waals surface area contributed by atoms with Crippen molar-refractivity contribution >= 4 is 37.3 Å². The van der Waals surface area contributed by atoms with E-state index in [1.807, 2.05) is 0 Å². The zero-order valence-corrected chi connectivity index (χ0v) is 24.2. The molecule has 2 saturated carbocycles. The molecular weight excluding hydrogens is 541 g/mol. The molecule has 39 heavy (non-hydrogen) atoms. The molecule has 212 valence electrons. The Kier molecular flexibility index (Phi) is 6.87. The molecule has 11 heteroatoms. The Morgan fingerprint density at radius 3 is 2.26 bits per heavy atom. The highest BCUT2D eigenvalue weighted by Crippen LogP contribution is 2.62. The number of halogens is 1. The van der Waals surface area contributed by atoms with Crippen LogP contribution in [0.4, 0.5) is 15.8 Å². The van der Waals surface area contributed by atoms with Crippen LogP contribution in [0.25, 0.3) is 0 Å². The third kappa shape index (κ3) is 5.71. The van der Waals surface area contributed by atoms with Crippen LogP contribution in [0.2, 0.25) is 0 Å². The van der Waals surface area contributed by atoms with Crippen molar-refractivity contribution in [3.63, 3.8) is 0 Å². The maximum absolute atomic E-state index is 13.9. The second-order valence-corrected chi connectivity index (χ2v) is 15.9. The molecule has 5 rings (SSSR count). The van der Waals surface area contributed by atoms with Gasteiger partial charge in [0.15, 0.2) is 0 Å². The first-order valence-corrected chi connectivity index (χ1v) is 16.5. The first kappa shape index (κ1) is 28.0. The first-order valence-electron chi connectivity index (χ1n) is 13.3. The molecular formula is C28H36FN3O5S2. The fraction of sp³-hybridized carbons (Fsp3) is 0.536. The van der Waals surface area contributed by atoms with Crippen LogP contribution in [0.15, 0.2) is 47.4 Å². The summed E-state index contributed by atoms with van der Waals surface area (Å²) in [5, 5.41) is 0. The van der Waals surface area contributed by atoms with Crippen molar-refractivity contribution in [2.24, 2.45) is 5.41 Å². The van der Waals surface area contributed by atoms with Gasteiger partial charge in [0, 0.05) is 34.4 Å². The van der Waals surface area contributed by atoms with E-state index in [1.165, 1.54) is 25.0 Å². The Labute approximate surface area is 230 Å². The standard InChI is InChI=1S/C28H36FN3O5S2/c1-26(2,3)31-39(36,37)22-6-4-5-20(17-22)25(33)32-19-28(13-11-27(9-10-27)12-14-28)23-18-21(7-8-24(23)32)30-38(34,35)16-15-29/h4-8,17-18,30-31H,9-16,19H2,1-3H3. The number of hydrogen-bond donors (Lipinski definition) is 2. The Hall–Kier alpha value is -2.50. The van der Waals surface area contributed by atoms with E-state index in [1.54, 1.807) is 56.0 Å². The van der Waals surface area contributed by atoms with E-state index < -0.39 is 38.0 Å². The summed E-state index contributed by atoms with van der Waals surface area (Å²) in [6, 6.07) is 11.2. The summed E-state index contributed by atoms with van der Waals surface area (Å²) in [5.41, 5.74) is 1.62. The van der Waals surface area contributed by atoms with Crippen LogP contribution in [0.3, 0.4) is 0 Å². The van der Waals surface area contributed by atoms with Gasteiger partial charge < -0.3 is 4.90 Å². The SMILES string of the molecule is CC(C)(C)NS(=O)(=O)c1cccc(C(=O)N2CC3(CCC4(CC4)CC3)c3cc(NS(=O)(=O)CCF)ccc32)c1. The molecule has 2 aromatic carbocycles. The minimum Gasteiger partial charge on any atom is -0.307 e. The minimum atomic E-state index is -3.83. The van der Waals surface area contributed by atoms with Crippen molar-refractivity contribution in [1.29, 1.82) is 0 Å². The molecule has 8 nitrogen and oxygen atoms in total. The summed E-state index contributed by atoms with van der Waals surface area (Å²) >= 11 is 0. The van der Waals surface area contributed by atoms with E-state index in [0.29, 0.717) is 23.3 Å². The predicted molar refractivity (Wildman–Crippen MR) is 150 cm³/mol. The molecule has 0 atom stereocenters. The van der Waals surface area contributed by atoms with E-state index in [0.717, 1.165) is 31.2 Å². The van der Waals surface area contributed by atoms with Gasteiger partial charge in [0.2, 0.25) is 20.0 Å². The third-order valence-electron chi connectivity index (χ3n) is 8.24. The number of fused-ring (bicyclic) bond motifs is 2. The highest BCUT2D eigenvalue weighted by Gasteiger charge is 2.53. The van der Waals surface area contributed by atoms with Gasteiger partial charge in [-0.15, -0.1) is 0 Å². The Morgan fingerprint density at radius 1 is 0.974 bits per heavy atom. The van der Waals surface area contributed by atoms with Crippen LogP contribution >= 0.6 is 0 Å². The predicted octanol–water partition coefficient (Wildman–Crippen LogP) is 4.73. The van der Waals surface area contributed by atoms with Crippen LogP contribution < -0.4 is 14.3 Å². The number of rotatable bonds is 7. The molecule has 2 N–H and O–H groups in total. The van der Waals surface area contributed by atoms with Crippen molar-refractivity contribution in [1.82, 2.24) is 4.72 Å². The van der Waals surface area contributed by atoms with Gasteiger partial charge >= 0.3 is 0 Å².